The summed E-state index contributed by atoms with van der Waals surface area (Å²) in [4.78, 5) is 27.0. The Morgan fingerprint density at radius 1 is 1.18 bits per heavy atom. The summed E-state index contributed by atoms with van der Waals surface area (Å²) in [6.45, 7) is 7.87. The number of likely N-dealkylation sites (N-methyl/N-ethyl adjacent to an activating group) is 1. The SMILES string of the molecule is CCC(=O)Nc1ccc(Sc2nc(NC3CC(C)=NN3)cc(N3CCCN(C)CC3)n2)cc1. The van der Waals surface area contributed by atoms with E-state index in [0.29, 0.717) is 11.6 Å². The molecule has 2 aromatic rings. The van der Waals surface area contributed by atoms with Crippen LogP contribution in [0, 0.1) is 0 Å². The van der Waals surface area contributed by atoms with Gasteiger partial charge in [-0.25, -0.2) is 9.97 Å². The summed E-state index contributed by atoms with van der Waals surface area (Å²) in [7, 11) is 2.17. The van der Waals surface area contributed by atoms with Gasteiger partial charge in [-0.05, 0) is 63.0 Å². The molecule has 1 aromatic heterocycles. The third kappa shape index (κ3) is 6.58. The lowest BCUT2D eigenvalue weighted by Gasteiger charge is -2.23. The number of rotatable bonds is 7. The van der Waals surface area contributed by atoms with Crippen molar-refractivity contribution in [1.29, 1.82) is 0 Å². The zero-order valence-corrected chi connectivity index (χ0v) is 20.3. The van der Waals surface area contributed by atoms with Crippen molar-refractivity contribution in [1.82, 2.24) is 20.3 Å². The lowest BCUT2D eigenvalue weighted by molar-refractivity contribution is -0.115. The van der Waals surface area contributed by atoms with Gasteiger partial charge in [0.25, 0.3) is 0 Å². The standard InChI is InChI=1S/C23H32N8OS/c1-4-22(32)24-17-6-8-18(9-7-17)33-23-26-19(25-20-14-16(2)28-29-20)15-21(27-23)31-11-5-10-30(3)12-13-31/h6-9,15,20,29H,4-5,10-14H2,1-3H3,(H,24,32)(H,25,26,27). The minimum atomic E-state index is 0.00462. The number of carbonyl (C=O) groups excluding carboxylic acids is 1. The second-order valence-electron chi connectivity index (χ2n) is 8.44. The molecule has 1 unspecified atom stereocenters. The van der Waals surface area contributed by atoms with Crippen LogP contribution in [-0.4, -0.2) is 65.9 Å². The maximum atomic E-state index is 11.6. The molecule has 0 saturated carbocycles. The summed E-state index contributed by atoms with van der Waals surface area (Å²) in [5.41, 5.74) is 4.98. The number of hydrogen-bond donors (Lipinski definition) is 3. The van der Waals surface area contributed by atoms with Gasteiger partial charge in [-0.15, -0.1) is 0 Å². The van der Waals surface area contributed by atoms with Gasteiger partial charge in [-0.3, -0.25) is 10.2 Å². The summed E-state index contributed by atoms with van der Waals surface area (Å²) in [6, 6.07) is 9.82. The van der Waals surface area contributed by atoms with E-state index in [9.17, 15) is 4.79 Å². The van der Waals surface area contributed by atoms with Gasteiger partial charge in [0.05, 0.1) is 0 Å². The molecule has 4 rings (SSSR count). The van der Waals surface area contributed by atoms with Crippen LogP contribution in [0.3, 0.4) is 0 Å². The van der Waals surface area contributed by atoms with Gasteiger partial charge in [-0.1, -0.05) is 6.92 Å². The zero-order valence-electron chi connectivity index (χ0n) is 19.5. The Morgan fingerprint density at radius 3 is 2.73 bits per heavy atom. The van der Waals surface area contributed by atoms with E-state index in [1.54, 1.807) is 0 Å². The Labute approximate surface area is 199 Å². The normalized spacial score (nSPS) is 18.9. The topological polar surface area (TPSA) is 97.8 Å². The molecule has 1 atom stereocenters. The predicted octanol–water partition coefficient (Wildman–Crippen LogP) is 3.23. The van der Waals surface area contributed by atoms with E-state index in [-0.39, 0.29) is 12.1 Å². The lowest BCUT2D eigenvalue weighted by atomic mass is 10.2. The summed E-state index contributed by atoms with van der Waals surface area (Å²) in [5.74, 6) is 1.73. The monoisotopic (exact) mass is 468 g/mol. The van der Waals surface area contributed by atoms with Crippen LogP contribution in [0.4, 0.5) is 17.3 Å². The number of carbonyl (C=O) groups is 1. The highest BCUT2D eigenvalue weighted by Crippen LogP contribution is 2.29. The molecule has 2 aliphatic rings. The molecule has 2 aliphatic heterocycles. The van der Waals surface area contributed by atoms with Crippen LogP contribution in [0.1, 0.15) is 33.1 Å². The molecule has 33 heavy (non-hydrogen) atoms. The zero-order chi connectivity index (χ0) is 23.2. The van der Waals surface area contributed by atoms with Crippen molar-refractivity contribution >= 4 is 40.7 Å². The number of hydrazone groups is 1. The Bertz CT molecular complexity index is 996. The van der Waals surface area contributed by atoms with Gasteiger partial charge in [0, 0.05) is 54.8 Å². The van der Waals surface area contributed by atoms with E-state index >= 15 is 0 Å². The van der Waals surface area contributed by atoms with E-state index in [0.717, 1.165) is 67.0 Å². The number of anilines is 3. The third-order valence-corrected chi connectivity index (χ3v) is 6.51. The van der Waals surface area contributed by atoms with E-state index < -0.39 is 0 Å². The predicted molar refractivity (Wildman–Crippen MR) is 134 cm³/mol. The molecule has 0 radical (unpaired) electrons. The van der Waals surface area contributed by atoms with Gasteiger partial charge >= 0.3 is 0 Å². The molecule has 3 heterocycles. The number of hydrogen-bond acceptors (Lipinski definition) is 9. The Morgan fingerprint density at radius 2 is 2.00 bits per heavy atom. The fourth-order valence-corrected chi connectivity index (χ4v) is 4.53. The largest absolute Gasteiger partial charge is 0.355 e. The Hall–Kier alpha value is -2.85. The van der Waals surface area contributed by atoms with E-state index in [4.69, 9.17) is 9.97 Å². The van der Waals surface area contributed by atoms with Crippen LogP contribution in [0.2, 0.25) is 0 Å². The molecular formula is C23H32N8OS. The second kappa shape index (κ2) is 10.8. The number of benzene rings is 1. The lowest BCUT2D eigenvalue weighted by Crippen LogP contribution is -2.31. The van der Waals surface area contributed by atoms with Crippen molar-refractivity contribution in [2.24, 2.45) is 5.10 Å². The molecule has 3 N–H and O–H groups in total. The van der Waals surface area contributed by atoms with Crippen LogP contribution in [-0.2, 0) is 4.79 Å². The van der Waals surface area contributed by atoms with Crippen LogP contribution < -0.4 is 21.0 Å². The molecule has 1 amide bonds. The van der Waals surface area contributed by atoms with Gasteiger partial charge in [0.1, 0.15) is 17.8 Å². The first-order valence-corrected chi connectivity index (χ1v) is 12.3. The quantitative estimate of drug-likeness (QED) is 0.533. The molecule has 1 aromatic carbocycles. The van der Waals surface area contributed by atoms with Crippen molar-refractivity contribution in [2.75, 3.05) is 48.8 Å². The molecule has 9 nitrogen and oxygen atoms in total. The van der Waals surface area contributed by atoms with Gasteiger partial charge in [0.2, 0.25) is 5.91 Å². The fraction of sp³-hybridized carbons (Fsp3) is 0.478. The number of nitrogens with zero attached hydrogens (tertiary/aromatic N) is 5. The second-order valence-corrected chi connectivity index (χ2v) is 9.48. The summed E-state index contributed by atoms with van der Waals surface area (Å²) < 4.78 is 0. The Balaban J connectivity index is 1.53. The molecule has 0 bridgehead atoms. The first-order chi connectivity index (χ1) is 16.0. The van der Waals surface area contributed by atoms with Crippen LogP contribution in [0.25, 0.3) is 0 Å². The van der Waals surface area contributed by atoms with E-state index in [1.807, 2.05) is 44.2 Å². The van der Waals surface area contributed by atoms with Gasteiger partial charge < -0.3 is 20.4 Å². The average molecular weight is 469 g/mol. The molecule has 1 saturated heterocycles. The highest BCUT2D eigenvalue weighted by Gasteiger charge is 2.19. The van der Waals surface area contributed by atoms with Crippen molar-refractivity contribution in [3.63, 3.8) is 0 Å². The van der Waals surface area contributed by atoms with Crippen molar-refractivity contribution < 1.29 is 4.79 Å². The van der Waals surface area contributed by atoms with Crippen molar-refractivity contribution in [3.8, 4) is 0 Å². The highest BCUT2D eigenvalue weighted by molar-refractivity contribution is 7.99. The van der Waals surface area contributed by atoms with Crippen molar-refractivity contribution in [2.45, 2.75) is 49.3 Å². The smallest absolute Gasteiger partial charge is 0.224 e. The third-order valence-electron chi connectivity index (χ3n) is 5.64. The summed E-state index contributed by atoms with van der Waals surface area (Å²) in [6.07, 6.45) is 2.43. The molecule has 0 spiro atoms. The molecule has 10 heteroatoms. The maximum absolute atomic E-state index is 11.6. The number of aromatic nitrogens is 2. The van der Waals surface area contributed by atoms with Gasteiger partial charge in [-0.2, -0.15) is 5.10 Å². The van der Waals surface area contributed by atoms with Crippen LogP contribution in [0.5, 0.6) is 0 Å². The van der Waals surface area contributed by atoms with Crippen LogP contribution in [0.15, 0.2) is 45.5 Å². The number of nitrogens with one attached hydrogen (secondary N) is 3. The minimum Gasteiger partial charge on any atom is -0.355 e. The first kappa shape index (κ1) is 23.3. The summed E-state index contributed by atoms with van der Waals surface area (Å²) in [5, 5.41) is 11.3. The maximum Gasteiger partial charge on any atom is 0.224 e. The number of amides is 1. The fourth-order valence-electron chi connectivity index (χ4n) is 3.77. The first-order valence-electron chi connectivity index (χ1n) is 11.4. The van der Waals surface area contributed by atoms with Crippen molar-refractivity contribution in [3.05, 3.63) is 30.3 Å². The molecular weight excluding hydrogens is 436 g/mol. The highest BCUT2D eigenvalue weighted by atomic mass is 32.2. The minimum absolute atomic E-state index is 0.00462. The summed E-state index contributed by atoms with van der Waals surface area (Å²) >= 11 is 1.52. The van der Waals surface area contributed by atoms with E-state index in [1.165, 1.54) is 11.8 Å². The average Bonchev–Trinajstić information content (AvgIpc) is 3.08. The molecule has 176 valence electrons. The van der Waals surface area contributed by atoms with E-state index in [2.05, 4.69) is 38.0 Å². The van der Waals surface area contributed by atoms with Gasteiger partial charge in [0.15, 0.2) is 5.16 Å². The molecule has 1 fully saturated rings. The Kier molecular flexibility index (Phi) is 7.66. The van der Waals surface area contributed by atoms with Crippen LogP contribution >= 0.6 is 11.8 Å². The molecule has 0 aliphatic carbocycles.